The summed E-state index contributed by atoms with van der Waals surface area (Å²) in [5, 5.41) is 10.5. The van der Waals surface area contributed by atoms with E-state index in [1.807, 2.05) is 6.08 Å². The molecule has 3 fully saturated rings. The van der Waals surface area contributed by atoms with Crippen molar-refractivity contribution in [2.75, 3.05) is 0 Å². The fraction of sp³-hybridized carbons (Fsp3) is 0.833. The predicted molar refractivity (Wildman–Crippen MR) is 108 cm³/mol. The molecule has 1 N–H and O–H groups in total. The van der Waals surface area contributed by atoms with Gasteiger partial charge in [0.1, 0.15) is 0 Å². The van der Waals surface area contributed by atoms with Gasteiger partial charge in [0, 0.05) is 11.8 Å². The van der Waals surface area contributed by atoms with Crippen LogP contribution in [0.15, 0.2) is 25.0 Å². The van der Waals surface area contributed by atoms with Crippen LogP contribution in [0.3, 0.4) is 0 Å². The lowest BCUT2D eigenvalue weighted by molar-refractivity contribution is -0.127. The molecule has 3 aliphatic rings. The van der Waals surface area contributed by atoms with Crippen LogP contribution in [0.1, 0.15) is 84.0 Å². The average molecular weight is 361 g/mol. The van der Waals surface area contributed by atoms with Crippen molar-refractivity contribution in [3.63, 3.8) is 0 Å². The first-order chi connectivity index (χ1) is 12.6. The third kappa shape index (κ3) is 4.94. The lowest BCUT2D eigenvalue weighted by Crippen LogP contribution is -2.33. The highest BCUT2D eigenvalue weighted by molar-refractivity contribution is 5.03. The van der Waals surface area contributed by atoms with E-state index in [1.165, 1.54) is 51.4 Å². The third-order valence-electron chi connectivity index (χ3n) is 7.71. The molecule has 0 aliphatic heterocycles. The van der Waals surface area contributed by atoms with E-state index in [0.29, 0.717) is 17.8 Å². The maximum atomic E-state index is 10.5. The van der Waals surface area contributed by atoms with Gasteiger partial charge in [-0.15, -0.1) is 6.58 Å². The maximum absolute atomic E-state index is 10.5. The molecule has 1 unspecified atom stereocenters. The van der Waals surface area contributed by atoms with Gasteiger partial charge in [0.15, 0.2) is 6.29 Å². The van der Waals surface area contributed by atoms with Gasteiger partial charge in [0.2, 0.25) is 0 Å². The molecule has 0 spiro atoms. The Morgan fingerprint density at radius 3 is 2.15 bits per heavy atom. The average Bonchev–Trinajstić information content (AvgIpc) is 2.62. The third-order valence-corrected chi connectivity index (χ3v) is 7.71. The molecule has 148 valence electrons. The molecule has 0 heterocycles. The molecule has 0 bridgehead atoms. The highest BCUT2D eigenvalue weighted by Crippen LogP contribution is 2.44. The zero-order valence-electron chi connectivity index (χ0n) is 16.9. The summed E-state index contributed by atoms with van der Waals surface area (Å²) in [6.07, 6.45) is 16.9. The second kappa shape index (κ2) is 9.44. The number of aliphatic hydroxyl groups is 1. The van der Waals surface area contributed by atoms with Gasteiger partial charge in [0.05, 0.1) is 5.76 Å². The van der Waals surface area contributed by atoms with Crippen molar-refractivity contribution in [1.29, 1.82) is 0 Å². The Morgan fingerprint density at radius 1 is 1.04 bits per heavy atom. The van der Waals surface area contributed by atoms with Crippen LogP contribution in [0.25, 0.3) is 0 Å². The van der Waals surface area contributed by atoms with E-state index in [1.54, 1.807) is 0 Å². The fourth-order valence-electron chi connectivity index (χ4n) is 5.72. The van der Waals surface area contributed by atoms with E-state index in [4.69, 9.17) is 4.74 Å². The Balaban J connectivity index is 1.35. The van der Waals surface area contributed by atoms with Gasteiger partial charge in [-0.3, -0.25) is 0 Å². The van der Waals surface area contributed by atoms with Crippen LogP contribution in [0.4, 0.5) is 0 Å². The van der Waals surface area contributed by atoms with Crippen LogP contribution in [0.5, 0.6) is 0 Å². The molecule has 0 radical (unpaired) electrons. The van der Waals surface area contributed by atoms with Crippen molar-refractivity contribution in [3.8, 4) is 0 Å². The second-order valence-corrected chi connectivity index (χ2v) is 9.38. The molecule has 2 heteroatoms. The van der Waals surface area contributed by atoms with Gasteiger partial charge in [0.25, 0.3) is 0 Å². The monoisotopic (exact) mass is 360 g/mol. The standard InChI is InChI=1S/C24H40O2/c1-4-6-19-7-9-20(10-8-19)21-11-13-22(14-12-21)24(25)26-17(3)23-15-18(5-2)16-23/h5,18-25H,2-4,6-16H2,1H3. The molecular weight excluding hydrogens is 320 g/mol. The molecule has 0 saturated heterocycles. The summed E-state index contributed by atoms with van der Waals surface area (Å²) in [7, 11) is 0. The second-order valence-electron chi connectivity index (χ2n) is 9.38. The molecule has 3 rings (SSSR count). The van der Waals surface area contributed by atoms with Crippen LogP contribution in [-0.2, 0) is 4.74 Å². The van der Waals surface area contributed by atoms with Crippen molar-refractivity contribution in [1.82, 2.24) is 0 Å². The molecule has 0 aromatic rings. The van der Waals surface area contributed by atoms with Crippen molar-refractivity contribution < 1.29 is 9.84 Å². The van der Waals surface area contributed by atoms with E-state index in [-0.39, 0.29) is 0 Å². The molecule has 26 heavy (non-hydrogen) atoms. The van der Waals surface area contributed by atoms with Gasteiger partial charge in [-0.2, -0.15) is 0 Å². The molecule has 0 amide bonds. The minimum Gasteiger partial charge on any atom is -0.470 e. The number of hydrogen-bond donors (Lipinski definition) is 1. The quantitative estimate of drug-likeness (QED) is 0.306. The maximum Gasteiger partial charge on any atom is 0.199 e. The summed E-state index contributed by atoms with van der Waals surface area (Å²) in [6, 6.07) is 0. The number of rotatable bonds is 8. The number of ether oxygens (including phenoxy) is 1. The summed E-state index contributed by atoms with van der Waals surface area (Å²) < 4.78 is 5.84. The highest BCUT2D eigenvalue weighted by Gasteiger charge is 2.35. The summed E-state index contributed by atoms with van der Waals surface area (Å²) in [5.41, 5.74) is 0. The largest absolute Gasteiger partial charge is 0.470 e. The lowest BCUT2D eigenvalue weighted by Gasteiger charge is -2.40. The summed E-state index contributed by atoms with van der Waals surface area (Å²) >= 11 is 0. The Kier molecular flexibility index (Phi) is 7.26. The molecule has 1 atom stereocenters. The van der Waals surface area contributed by atoms with Gasteiger partial charge >= 0.3 is 0 Å². The minimum atomic E-state index is -0.647. The minimum absolute atomic E-state index is 0.301. The highest BCUT2D eigenvalue weighted by atomic mass is 16.6. The van der Waals surface area contributed by atoms with Crippen LogP contribution >= 0.6 is 0 Å². The predicted octanol–water partition coefficient (Wildman–Crippen LogP) is 6.46. The summed E-state index contributed by atoms with van der Waals surface area (Å²) in [6.45, 7) is 10.2. The first-order valence-corrected chi connectivity index (χ1v) is 11.3. The van der Waals surface area contributed by atoms with E-state index in [0.717, 1.165) is 49.2 Å². The van der Waals surface area contributed by atoms with Crippen LogP contribution in [-0.4, -0.2) is 11.4 Å². The lowest BCUT2D eigenvalue weighted by atomic mass is 9.68. The van der Waals surface area contributed by atoms with E-state index in [9.17, 15) is 5.11 Å². The van der Waals surface area contributed by atoms with Crippen LogP contribution in [0, 0.1) is 35.5 Å². The Labute approximate surface area is 161 Å². The van der Waals surface area contributed by atoms with Crippen molar-refractivity contribution in [3.05, 3.63) is 25.0 Å². The van der Waals surface area contributed by atoms with Crippen molar-refractivity contribution >= 4 is 0 Å². The zero-order valence-corrected chi connectivity index (χ0v) is 16.9. The van der Waals surface area contributed by atoms with Crippen LogP contribution in [0.2, 0.25) is 0 Å². The van der Waals surface area contributed by atoms with Gasteiger partial charge in [-0.05, 0) is 75.0 Å². The van der Waals surface area contributed by atoms with Gasteiger partial charge < -0.3 is 9.84 Å². The SMILES string of the molecule is C=CC1CC(C(=C)OC(O)C2CCC(C3CCC(CCC)CC3)CC2)C1. The number of hydrogen-bond acceptors (Lipinski definition) is 2. The zero-order chi connectivity index (χ0) is 18.5. The smallest absolute Gasteiger partial charge is 0.199 e. The molecule has 0 aromatic heterocycles. The number of allylic oxidation sites excluding steroid dienone is 2. The molecular formula is C24H40O2. The fourth-order valence-corrected chi connectivity index (χ4v) is 5.72. The first-order valence-electron chi connectivity index (χ1n) is 11.3. The van der Waals surface area contributed by atoms with E-state index < -0.39 is 6.29 Å². The first kappa shape index (κ1) is 20.0. The van der Waals surface area contributed by atoms with Crippen molar-refractivity contribution in [2.45, 2.75) is 90.3 Å². The number of aliphatic hydroxyl groups excluding tert-OH is 1. The molecule has 3 aliphatic carbocycles. The van der Waals surface area contributed by atoms with Crippen LogP contribution < -0.4 is 0 Å². The Morgan fingerprint density at radius 2 is 1.62 bits per heavy atom. The molecule has 0 aromatic carbocycles. The van der Waals surface area contributed by atoms with E-state index >= 15 is 0 Å². The van der Waals surface area contributed by atoms with Gasteiger partial charge in [-0.25, -0.2) is 0 Å². The Hall–Kier alpha value is -0.760. The Bertz CT molecular complexity index is 449. The molecule has 3 saturated carbocycles. The van der Waals surface area contributed by atoms with Gasteiger partial charge in [-0.1, -0.05) is 45.3 Å². The summed E-state index contributed by atoms with van der Waals surface area (Å²) in [4.78, 5) is 0. The molecule has 2 nitrogen and oxygen atoms in total. The van der Waals surface area contributed by atoms with E-state index in [2.05, 4.69) is 20.1 Å². The summed E-state index contributed by atoms with van der Waals surface area (Å²) in [5.74, 6) is 4.97. The van der Waals surface area contributed by atoms with Crippen molar-refractivity contribution in [2.24, 2.45) is 35.5 Å². The normalized spacial score (nSPS) is 38.8. The topological polar surface area (TPSA) is 29.5 Å².